The van der Waals surface area contributed by atoms with Gasteiger partial charge in [-0.1, -0.05) is 16.8 Å². The van der Waals surface area contributed by atoms with E-state index >= 15 is 0 Å². The number of carboxylic acid groups (broad SMARTS) is 1. The van der Waals surface area contributed by atoms with Crippen LogP contribution < -0.4 is 5.73 Å². The monoisotopic (exact) mass is 280 g/mol. The molecule has 0 radical (unpaired) electrons. The van der Waals surface area contributed by atoms with Gasteiger partial charge >= 0.3 is 5.97 Å². The molecule has 3 N–H and O–H groups in total. The third-order valence-electron chi connectivity index (χ3n) is 2.43. The first-order chi connectivity index (χ1) is 8.99. The Kier molecular flexibility index (Phi) is 3.48. The summed E-state index contributed by atoms with van der Waals surface area (Å²) in [6, 6.07) is 6.18. The first-order valence-electron chi connectivity index (χ1n) is 5.21. The van der Waals surface area contributed by atoms with Crippen LogP contribution in [0.3, 0.4) is 0 Å². The number of aromatic nitrogens is 3. The van der Waals surface area contributed by atoms with Gasteiger partial charge in [0.2, 0.25) is 5.91 Å². The molecular weight excluding hydrogens is 272 g/mol. The molecular formula is C11H9ClN4O3. The van der Waals surface area contributed by atoms with Gasteiger partial charge in [0.05, 0.1) is 17.8 Å². The number of carbonyl (C=O) groups excluding carboxylic acids is 1. The lowest BCUT2D eigenvalue weighted by Gasteiger charge is -2.05. The number of primary amides is 1. The van der Waals surface area contributed by atoms with Crippen LogP contribution in [0.4, 0.5) is 0 Å². The van der Waals surface area contributed by atoms with Crippen LogP contribution in [0.1, 0.15) is 16.1 Å². The van der Waals surface area contributed by atoms with Gasteiger partial charge in [-0.25, -0.2) is 4.68 Å². The second kappa shape index (κ2) is 5.07. The number of nitrogens with zero attached hydrogens (tertiary/aromatic N) is 3. The maximum atomic E-state index is 11.0. The third-order valence-corrected chi connectivity index (χ3v) is 2.72. The standard InChI is InChI=1S/C11H9ClN4O3/c12-10-8(5-9(17)18)16(15-14-10)7-3-1-6(2-4-7)11(13)19/h1-4H,5H2,(H2,13,19)(H,17,18). The van der Waals surface area contributed by atoms with Crippen molar-refractivity contribution in [1.82, 2.24) is 15.0 Å². The third kappa shape index (κ3) is 2.71. The molecule has 0 saturated heterocycles. The highest BCUT2D eigenvalue weighted by Gasteiger charge is 2.15. The fourth-order valence-electron chi connectivity index (χ4n) is 1.55. The van der Waals surface area contributed by atoms with Crippen molar-refractivity contribution in [3.05, 3.63) is 40.7 Å². The highest BCUT2D eigenvalue weighted by atomic mass is 35.5. The molecule has 8 heteroatoms. The van der Waals surface area contributed by atoms with Gasteiger partial charge in [0, 0.05) is 5.56 Å². The first kappa shape index (κ1) is 13.0. The van der Waals surface area contributed by atoms with Gasteiger partial charge in [-0.2, -0.15) is 0 Å². The number of carbonyl (C=O) groups is 2. The Hall–Kier alpha value is -2.41. The van der Waals surface area contributed by atoms with E-state index in [1.165, 1.54) is 16.8 Å². The van der Waals surface area contributed by atoms with Crippen molar-refractivity contribution in [2.45, 2.75) is 6.42 Å². The quantitative estimate of drug-likeness (QED) is 0.854. The van der Waals surface area contributed by atoms with Gasteiger partial charge in [0.1, 0.15) is 0 Å². The summed E-state index contributed by atoms with van der Waals surface area (Å²) in [6.07, 6.45) is -0.302. The summed E-state index contributed by atoms with van der Waals surface area (Å²) in [6.45, 7) is 0. The van der Waals surface area contributed by atoms with E-state index in [2.05, 4.69) is 10.3 Å². The summed E-state index contributed by atoms with van der Waals surface area (Å²) in [5.41, 5.74) is 6.28. The number of rotatable bonds is 4. The molecule has 0 aliphatic heterocycles. The van der Waals surface area contributed by atoms with E-state index in [1.54, 1.807) is 12.1 Å². The van der Waals surface area contributed by atoms with Crippen LogP contribution in [0, 0.1) is 0 Å². The summed E-state index contributed by atoms with van der Waals surface area (Å²) in [5, 5.41) is 16.2. The van der Waals surface area contributed by atoms with Crippen molar-refractivity contribution in [2.24, 2.45) is 5.73 Å². The average Bonchev–Trinajstić information content (AvgIpc) is 2.71. The number of nitrogens with two attached hydrogens (primary N) is 1. The van der Waals surface area contributed by atoms with Crippen LogP contribution in [0.5, 0.6) is 0 Å². The number of carboxylic acids is 1. The summed E-state index contributed by atoms with van der Waals surface area (Å²) in [4.78, 5) is 21.7. The Morgan fingerprint density at radius 1 is 1.32 bits per heavy atom. The molecule has 0 unspecified atom stereocenters. The van der Waals surface area contributed by atoms with Crippen molar-refractivity contribution < 1.29 is 14.7 Å². The minimum absolute atomic E-state index is 0.0291. The summed E-state index contributed by atoms with van der Waals surface area (Å²) >= 11 is 5.79. The largest absolute Gasteiger partial charge is 0.481 e. The van der Waals surface area contributed by atoms with Crippen molar-refractivity contribution in [3.63, 3.8) is 0 Å². The molecule has 98 valence electrons. The van der Waals surface area contributed by atoms with Crippen LogP contribution in [-0.4, -0.2) is 32.0 Å². The van der Waals surface area contributed by atoms with Crippen LogP contribution in [0.2, 0.25) is 5.15 Å². The molecule has 1 aromatic heterocycles. The number of benzene rings is 1. The topological polar surface area (TPSA) is 111 Å². The molecule has 2 rings (SSSR count). The Bertz CT molecular complexity index is 636. The van der Waals surface area contributed by atoms with Crippen molar-refractivity contribution in [2.75, 3.05) is 0 Å². The van der Waals surface area contributed by atoms with E-state index in [0.29, 0.717) is 11.3 Å². The normalized spacial score (nSPS) is 10.4. The summed E-state index contributed by atoms with van der Waals surface area (Å²) < 4.78 is 1.31. The number of halogens is 1. The molecule has 0 bridgehead atoms. The van der Waals surface area contributed by atoms with Gasteiger partial charge in [-0.3, -0.25) is 9.59 Å². The Balaban J connectivity index is 2.41. The van der Waals surface area contributed by atoms with E-state index in [4.69, 9.17) is 22.4 Å². The van der Waals surface area contributed by atoms with E-state index in [9.17, 15) is 9.59 Å². The van der Waals surface area contributed by atoms with Crippen LogP contribution in [0.25, 0.3) is 5.69 Å². The van der Waals surface area contributed by atoms with Gasteiger partial charge < -0.3 is 10.8 Å². The predicted octanol–water partition coefficient (Wildman–Crippen LogP) is 0.647. The van der Waals surface area contributed by atoms with Gasteiger partial charge in [-0.05, 0) is 24.3 Å². The van der Waals surface area contributed by atoms with Crippen molar-refractivity contribution in [3.8, 4) is 5.69 Å². The SMILES string of the molecule is NC(=O)c1ccc(-n2nnc(Cl)c2CC(=O)O)cc1. The summed E-state index contributed by atoms with van der Waals surface area (Å²) in [5.74, 6) is -1.59. The fourth-order valence-corrected chi connectivity index (χ4v) is 1.73. The molecule has 7 nitrogen and oxygen atoms in total. The molecule has 0 aliphatic carbocycles. The van der Waals surface area contributed by atoms with Crippen LogP contribution >= 0.6 is 11.6 Å². The molecule has 0 spiro atoms. The Morgan fingerprint density at radius 3 is 2.47 bits per heavy atom. The zero-order valence-corrected chi connectivity index (χ0v) is 10.3. The van der Waals surface area contributed by atoms with E-state index in [1.807, 2.05) is 0 Å². The maximum absolute atomic E-state index is 11.0. The van der Waals surface area contributed by atoms with E-state index < -0.39 is 11.9 Å². The smallest absolute Gasteiger partial charge is 0.309 e. The molecule has 1 aromatic carbocycles. The van der Waals surface area contributed by atoms with Crippen LogP contribution in [-0.2, 0) is 11.2 Å². The number of hydrogen-bond donors (Lipinski definition) is 2. The second-order valence-corrected chi connectivity index (χ2v) is 4.08. The molecule has 0 fully saturated rings. The van der Waals surface area contributed by atoms with Gasteiger partial charge in [0.15, 0.2) is 5.15 Å². The highest BCUT2D eigenvalue weighted by molar-refractivity contribution is 6.30. The van der Waals surface area contributed by atoms with Crippen LogP contribution in [0.15, 0.2) is 24.3 Å². The fraction of sp³-hybridized carbons (Fsp3) is 0.0909. The van der Waals surface area contributed by atoms with E-state index in [0.717, 1.165) is 0 Å². The summed E-state index contributed by atoms with van der Waals surface area (Å²) in [7, 11) is 0. The predicted molar refractivity (Wildman–Crippen MR) is 66.2 cm³/mol. The zero-order valence-electron chi connectivity index (χ0n) is 9.58. The lowest BCUT2D eigenvalue weighted by atomic mass is 10.2. The number of hydrogen-bond acceptors (Lipinski definition) is 4. The lowest BCUT2D eigenvalue weighted by Crippen LogP contribution is -2.11. The van der Waals surface area contributed by atoms with Crippen molar-refractivity contribution >= 4 is 23.5 Å². The lowest BCUT2D eigenvalue weighted by molar-refractivity contribution is -0.136. The molecule has 0 aliphatic rings. The Morgan fingerprint density at radius 2 is 1.95 bits per heavy atom. The number of aliphatic carboxylic acids is 1. The van der Waals surface area contributed by atoms with Gasteiger partial charge in [-0.15, -0.1) is 5.10 Å². The molecule has 0 atom stereocenters. The molecule has 19 heavy (non-hydrogen) atoms. The molecule has 2 aromatic rings. The second-order valence-electron chi connectivity index (χ2n) is 3.72. The average molecular weight is 281 g/mol. The highest BCUT2D eigenvalue weighted by Crippen LogP contribution is 2.18. The number of amides is 1. The zero-order chi connectivity index (χ0) is 14.0. The van der Waals surface area contributed by atoms with Crippen molar-refractivity contribution in [1.29, 1.82) is 0 Å². The molecule has 1 heterocycles. The molecule has 1 amide bonds. The Labute approximate surface area is 112 Å². The molecule has 0 saturated carbocycles. The van der Waals surface area contributed by atoms with E-state index in [-0.39, 0.29) is 17.3 Å². The van der Waals surface area contributed by atoms with Gasteiger partial charge in [0.25, 0.3) is 0 Å². The minimum Gasteiger partial charge on any atom is -0.481 e. The maximum Gasteiger partial charge on any atom is 0.309 e. The first-order valence-corrected chi connectivity index (χ1v) is 5.59. The minimum atomic E-state index is -1.04.